The number of phenols is 1. The van der Waals surface area contributed by atoms with Crippen LogP contribution in [0.3, 0.4) is 0 Å². The van der Waals surface area contributed by atoms with E-state index >= 15 is 0 Å². The average Bonchev–Trinajstić information content (AvgIpc) is 2.56. The summed E-state index contributed by atoms with van der Waals surface area (Å²) >= 11 is 5.96. The van der Waals surface area contributed by atoms with Crippen molar-refractivity contribution in [2.75, 3.05) is 12.4 Å². The second-order valence-electron chi connectivity index (χ2n) is 4.63. The number of nitro benzene ring substituents is 1. The molecule has 0 fully saturated rings. The van der Waals surface area contributed by atoms with E-state index in [0.29, 0.717) is 5.56 Å². The Balaban J connectivity index is 1.96. The van der Waals surface area contributed by atoms with Crippen LogP contribution in [0.15, 0.2) is 36.4 Å². The van der Waals surface area contributed by atoms with Gasteiger partial charge in [-0.15, -0.1) is 0 Å². The average molecular weight is 353 g/mol. The van der Waals surface area contributed by atoms with Crippen LogP contribution in [0.1, 0.15) is 5.56 Å². The largest absolute Gasteiger partial charge is 0.504 e. The molecule has 0 bridgehead atoms. The van der Waals surface area contributed by atoms with Crippen LogP contribution >= 0.6 is 11.6 Å². The second kappa shape index (κ2) is 7.51. The van der Waals surface area contributed by atoms with Gasteiger partial charge in [0.1, 0.15) is 6.61 Å². The number of non-ortho nitro benzene ring substituents is 1. The summed E-state index contributed by atoms with van der Waals surface area (Å²) in [6.07, 6.45) is -0.792. The lowest BCUT2D eigenvalue weighted by molar-refractivity contribution is -0.384. The van der Waals surface area contributed by atoms with Crippen molar-refractivity contribution >= 4 is 29.1 Å². The molecule has 24 heavy (non-hydrogen) atoms. The number of anilines is 1. The van der Waals surface area contributed by atoms with Crippen LogP contribution in [0.2, 0.25) is 5.02 Å². The number of rotatable bonds is 5. The van der Waals surface area contributed by atoms with Crippen LogP contribution in [0, 0.1) is 10.1 Å². The van der Waals surface area contributed by atoms with Gasteiger partial charge in [-0.3, -0.25) is 15.4 Å². The number of aromatic hydroxyl groups is 1. The summed E-state index contributed by atoms with van der Waals surface area (Å²) in [6.45, 7) is -0.0798. The number of hydrogen-bond donors (Lipinski definition) is 2. The lowest BCUT2D eigenvalue weighted by atomic mass is 10.2. The first-order valence-electron chi connectivity index (χ1n) is 6.64. The summed E-state index contributed by atoms with van der Waals surface area (Å²) in [6, 6.07) is 8.18. The first-order valence-corrected chi connectivity index (χ1v) is 7.02. The van der Waals surface area contributed by atoms with Crippen LogP contribution in [0.25, 0.3) is 0 Å². The van der Waals surface area contributed by atoms with E-state index < -0.39 is 11.0 Å². The molecule has 2 rings (SSSR count). The molecular formula is C15H13ClN2O6. The molecule has 9 heteroatoms. The van der Waals surface area contributed by atoms with Crippen molar-refractivity contribution in [2.45, 2.75) is 6.61 Å². The van der Waals surface area contributed by atoms with E-state index in [1.165, 1.54) is 43.5 Å². The molecule has 2 aromatic carbocycles. The van der Waals surface area contributed by atoms with Crippen LogP contribution in [0.5, 0.6) is 11.5 Å². The third kappa shape index (κ3) is 4.26. The van der Waals surface area contributed by atoms with Gasteiger partial charge in [-0.1, -0.05) is 11.6 Å². The number of nitro groups is 1. The standard InChI is InChI=1S/C15H13ClN2O6/c1-23-14-6-11(16)12(7-13(14)19)17-15(20)24-8-9-2-4-10(5-3-9)18(21)22/h2-7,19H,8H2,1H3,(H,17,20). The summed E-state index contributed by atoms with van der Waals surface area (Å²) < 4.78 is 9.88. The maximum absolute atomic E-state index is 11.8. The zero-order valence-corrected chi connectivity index (χ0v) is 13.2. The maximum atomic E-state index is 11.8. The highest BCUT2D eigenvalue weighted by Crippen LogP contribution is 2.35. The van der Waals surface area contributed by atoms with Crippen molar-refractivity contribution in [3.05, 3.63) is 57.1 Å². The maximum Gasteiger partial charge on any atom is 0.412 e. The Morgan fingerprint density at radius 2 is 2.00 bits per heavy atom. The third-order valence-corrected chi connectivity index (χ3v) is 3.34. The highest BCUT2D eigenvalue weighted by atomic mass is 35.5. The molecule has 0 saturated carbocycles. The van der Waals surface area contributed by atoms with Crippen LogP contribution in [-0.4, -0.2) is 23.2 Å². The first kappa shape index (κ1) is 17.4. The van der Waals surface area contributed by atoms with Gasteiger partial charge in [-0.2, -0.15) is 0 Å². The molecule has 0 aliphatic carbocycles. The Kier molecular flexibility index (Phi) is 5.43. The Labute approximate surface area is 141 Å². The van der Waals surface area contributed by atoms with Crippen molar-refractivity contribution < 1.29 is 24.3 Å². The minimum atomic E-state index is -0.792. The van der Waals surface area contributed by atoms with E-state index in [0.717, 1.165) is 0 Å². The van der Waals surface area contributed by atoms with Crippen molar-refractivity contribution in [3.63, 3.8) is 0 Å². The highest BCUT2D eigenvalue weighted by Gasteiger charge is 2.12. The minimum absolute atomic E-state index is 0.0521. The van der Waals surface area contributed by atoms with Crippen molar-refractivity contribution in [1.82, 2.24) is 0 Å². The predicted molar refractivity (Wildman–Crippen MR) is 86.6 cm³/mol. The van der Waals surface area contributed by atoms with Gasteiger partial charge in [-0.05, 0) is 17.7 Å². The zero-order chi connectivity index (χ0) is 17.7. The molecule has 0 unspecified atom stereocenters. The lowest BCUT2D eigenvalue weighted by Gasteiger charge is -2.11. The van der Waals surface area contributed by atoms with E-state index in [-0.39, 0.29) is 34.5 Å². The summed E-state index contributed by atoms with van der Waals surface area (Å²) in [5.74, 6) is -0.0163. The number of carbonyl (C=O) groups is 1. The molecule has 0 spiro atoms. The number of nitrogens with zero attached hydrogens (tertiary/aromatic N) is 1. The number of amides is 1. The molecule has 0 saturated heterocycles. The van der Waals surface area contributed by atoms with Gasteiger partial charge in [0.2, 0.25) is 0 Å². The number of nitrogens with one attached hydrogen (secondary N) is 1. The smallest absolute Gasteiger partial charge is 0.412 e. The van der Waals surface area contributed by atoms with Gasteiger partial charge in [0, 0.05) is 24.3 Å². The normalized spacial score (nSPS) is 10.1. The fourth-order valence-corrected chi connectivity index (χ4v) is 2.01. The highest BCUT2D eigenvalue weighted by molar-refractivity contribution is 6.33. The van der Waals surface area contributed by atoms with Gasteiger partial charge in [0.25, 0.3) is 5.69 Å². The molecule has 0 heterocycles. The van der Waals surface area contributed by atoms with E-state index in [2.05, 4.69) is 5.32 Å². The number of hydrogen-bond acceptors (Lipinski definition) is 6. The Morgan fingerprint density at radius 3 is 2.58 bits per heavy atom. The second-order valence-corrected chi connectivity index (χ2v) is 5.04. The molecule has 126 valence electrons. The lowest BCUT2D eigenvalue weighted by Crippen LogP contribution is -2.13. The molecule has 0 aliphatic heterocycles. The Bertz CT molecular complexity index is 763. The first-order chi connectivity index (χ1) is 11.4. The number of phenolic OH excluding ortho intramolecular Hbond substituents is 1. The number of halogens is 1. The number of benzene rings is 2. The van der Waals surface area contributed by atoms with Gasteiger partial charge in [-0.25, -0.2) is 4.79 Å². The molecule has 2 N–H and O–H groups in total. The molecular weight excluding hydrogens is 340 g/mol. The monoisotopic (exact) mass is 352 g/mol. The van der Waals surface area contributed by atoms with E-state index in [4.69, 9.17) is 21.1 Å². The summed E-state index contributed by atoms with van der Waals surface area (Å²) in [5.41, 5.74) is 0.687. The molecule has 2 aromatic rings. The topological polar surface area (TPSA) is 111 Å². The minimum Gasteiger partial charge on any atom is -0.504 e. The quantitative estimate of drug-likeness (QED) is 0.626. The van der Waals surface area contributed by atoms with Crippen LogP contribution in [0.4, 0.5) is 16.2 Å². The summed E-state index contributed by atoms with van der Waals surface area (Å²) in [4.78, 5) is 21.8. The van der Waals surface area contributed by atoms with Crippen LogP contribution in [-0.2, 0) is 11.3 Å². The van der Waals surface area contributed by atoms with E-state index in [1.807, 2.05) is 0 Å². The Hall–Kier alpha value is -3.00. The number of carbonyl (C=O) groups excluding carboxylic acids is 1. The third-order valence-electron chi connectivity index (χ3n) is 3.02. The van der Waals surface area contributed by atoms with Gasteiger partial charge >= 0.3 is 6.09 Å². The molecule has 0 radical (unpaired) electrons. The molecule has 0 aromatic heterocycles. The molecule has 0 aliphatic rings. The fourth-order valence-electron chi connectivity index (χ4n) is 1.81. The van der Waals surface area contributed by atoms with E-state index in [9.17, 15) is 20.0 Å². The zero-order valence-electron chi connectivity index (χ0n) is 12.5. The number of methoxy groups -OCH3 is 1. The van der Waals surface area contributed by atoms with E-state index in [1.54, 1.807) is 0 Å². The fraction of sp³-hybridized carbons (Fsp3) is 0.133. The van der Waals surface area contributed by atoms with Gasteiger partial charge in [0.15, 0.2) is 11.5 Å². The Morgan fingerprint density at radius 1 is 1.33 bits per heavy atom. The van der Waals surface area contributed by atoms with Gasteiger partial charge < -0.3 is 14.6 Å². The molecule has 0 atom stereocenters. The predicted octanol–water partition coefficient (Wildman–Crippen LogP) is 3.71. The van der Waals surface area contributed by atoms with Crippen molar-refractivity contribution in [2.24, 2.45) is 0 Å². The van der Waals surface area contributed by atoms with Gasteiger partial charge in [0.05, 0.1) is 22.7 Å². The van der Waals surface area contributed by atoms with Crippen LogP contribution < -0.4 is 10.1 Å². The summed E-state index contributed by atoms with van der Waals surface area (Å²) in [7, 11) is 1.37. The SMILES string of the molecule is COc1cc(Cl)c(NC(=O)OCc2ccc([N+](=O)[O-])cc2)cc1O. The molecule has 8 nitrogen and oxygen atoms in total. The molecule has 1 amide bonds. The summed E-state index contributed by atoms with van der Waals surface area (Å²) in [5, 5.41) is 22.8. The van der Waals surface area contributed by atoms with Crippen molar-refractivity contribution in [3.8, 4) is 11.5 Å². The number of ether oxygens (including phenoxy) is 2. The van der Waals surface area contributed by atoms with Crippen molar-refractivity contribution in [1.29, 1.82) is 0 Å².